The molecule has 0 saturated heterocycles. The number of nitrogens with one attached hydrogen (secondary N) is 1. The smallest absolute Gasteiger partial charge is 0.241 e. The summed E-state index contributed by atoms with van der Waals surface area (Å²) in [5.41, 5.74) is 7.82. The Morgan fingerprint density at radius 1 is 1.29 bits per heavy atom. The summed E-state index contributed by atoms with van der Waals surface area (Å²) in [6, 6.07) is 1.79. The fourth-order valence-corrected chi connectivity index (χ4v) is 4.45. The highest BCUT2D eigenvalue weighted by Crippen LogP contribution is 2.29. The molecule has 0 aliphatic heterocycles. The summed E-state index contributed by atoms with van der Waals surface area (Å²) in [5.74, 6) is 0. The number of nitrogens with two attached hydrogens (primary N) is 1. The van der Waals surface area contributed by atoms with E-state index in [4.69, 9.17) is 10.8 Å². The third-order valence-electron chi connectivity index (χ3n) is 4.17. The third kappa shape index (κ3) is 3.75. The number of aliphatic hydroxyl groups excluding tert-OH is 1. The Balaban J connectivity index is 3.39. The van der Waals surface area contributed by atoms with Crippen molar-refractivity contribution in [3.8, 4) is 0 Å². The molecule has 6 heteroatoms. The van der Waals surface area contributed by atoms with Gasteiger partial charge in [0.1, 0.15) is 0 Å². The van der Waals surface area contributed by atoms with Crippen LogP contribution >= 0.6 is 0 Å². The van der Waals surface area contributed by atoms with E-state index in [0.717, 1.165) is 5.56 Å². The Morgan fingerprint density at radius 3 is 2.33 bits per heavy atom. The summed E-state index contributed by atoms with van der Waals surface area (Å²) in [6.07, 6.45) is 0.953. The summed E-state index contributed by atoms with van der Waals surface area (Å²) in [5, 5.41) is 9.14. The van der Waals surface area contributed by atoms with Crippen LogP contribution in [0, 0.1) is 20.8 Å². The molecule has 1 atom stereocenters. The molecule has 0 aliphatic rings. The van der Waals surface area contributed by atoms with Crippen LogP contribution in [-0.2, 0) is 10.0 Å². The predicted octanol–water partition coefficient (Wildman–Crippen LogP) is 2.02. The van der Waals surface area contributed by atoms with Gasteiger partial charge in [-0.3, -0.25) is 0 Å². The summed E-state index contributed by atoms with van der Waals surface area (Å²) in [6.45, 7) is 8.96. The molecule has 0 fully saturated rings. The minimum atomic E-state index is -3.70. The van der Waals surface area contributed by atoms with Gasteiger partial charge in [-0.05, 0) is 63.3 Å². The summed E-state index contributed by atoms with van der Waals surface area (Å²) >= 11 is 0. The van der Waals surface area contributed by atoms with Crippen LogP contribution in [0.2, 0.25) is 0 Å². The van der Waals surface area contributed by atoms with Crippen molar-refractivity contribution in [2.45, 2.75) is 57.9 Å². The van der Waals surface area contributed by atoms with Gasteiger partial charge in [-0.15, -0.1) is 0 Å². The van der Waals surface area contributed by atoms with Crippen LogP contribution in [0.5, 0.6) is 0 Å². The van der Waals surface area contributed by atoms with Crippen LogP contribution in [-0.4, -0.2) is 25.7 Å². The highest BCUT2D eigenvalue weighted by atomic mass is 32.2. The van der Waals surface area contributed by atoms with Gasteiger partial charge in [0.2, 0.25) is 10.0 Å². The second-order valence-electron chi connectivity index (χ2n) is 5.86. The first-order valence-electron chi connectivity index (χ1n) is 7.09. The zero-order valence-electron chi connectivity index (χ0n) is 13.4. The summed E-state index contributed by atoms with van der Waals surface area (Å²) < 4.78 is 28.3. The molecule has 0 heterocycles. The first kappa shape index (κ1) is 17.9. The molecule has 1 rings (SSSR count). The Labute approximate surface area is 127 Å². The van der Waals surface area contributed by atoms with E-state index in [2.05, 4.69) is 4.72 Å². The molecule has 120 valence electrons. The van der Waals surface area contributed by atoms with E-state index in [1.807, 2.05) is 13.8 Å². The van der Waals surface area contributed by atoms with Crippen molar-refractivity contribution in [2.24, 2.45) is 0 Å². The number of benzene rings is 1. The van der Waals surface area contributed by atoms with Gasteiger partial charge in [0.15, 0.2) is 0 Å². The molecule has 4 N–H and O–H groups in total. The maximum Gasteiger partial charge on any atom is 0.241 e. The molecule has 0 aromatic heterocycles. The maximum absolute atomic E-state index is 12.8. The molecule has 0 radical (unpaired) electrons. The van der Waals surface area contributed by atoms with Crippen LogP contribution in [0.1, 0.15) is 43.4 Å². The van der Waals surface area contributed by atoms with Crippen LogP contribution in [0.3, 0.4) is 0 Å². The highest BCUT2D eigenvalue weighted by molar-refractivity contribution is 7.89. The van der Waals surface area contributed by atoms with Gasteiger partial charge in [-0.1, -0.05) is 6.92 Å². The van der Waals surface area contributed by atoms with Gasteiger partial charge >= 0.3 is 0 Å². The Hall–Kier alpha value is -1.11. The number of hydrogen-bond acceptors (Lipinski definition) is 4. The van der Waals surface area contributed by atoms with Gasteiger partial charge in [0.05, 0.1) is 4.90 Å². The Kier molecular flexibility index (Phi) is 5.41. The minimum absolute atomic E-state index is 0.0687. The van der Waals surface area contributed by atoms with Crippen molar-refractivity contribution in [3.63, 3.8) is 0 Å². The molecule has 0 spiro atoms. The maximum atomic E-state index is 12.8. The molecule has 1 aromatic rings. The van der Waals surface area contributed by atoms with Crippen molar-refractivity contribution < 1.29 is 13.5 Å². The lowest BCUT2D eigenvalue weighted by Crippen LogP contribution is -2.46. The van der Waals surface area contributed by atoms with Crippen molar-refractivity contribution in [2.75, 3.05) is 12.3 Å². The molecule has 0 saturated carbocycles. The summed E-state index contributed by atoms with van der Waals surface area (Å²) in [7, 11) is -3.70. The number of nitrogen functional groups attached to an aromatic ring is 1. The Morgan fingerprint density at radius 2 is 1.86 bits per heavy atom. The largest absolute Gasteiger partial charge is 0.398 e. The fourth-order valence-electron chi connectivity index (χ4n) is 2.37. The van der Waals surface area contributed by atoms with Gasteiger partial charge in [0.25, 0.3) is 0 Å². The van der Waals surface area contributed by atoms with E-state index < -0.39 is 15.6 Å². The molecule has 0 amide bonds. The van der Waals surface area contributed by atoms with Gasteiger partial charge < -0.3 is 10.8 Å². The zero-order valence-corrected chi connectivity index (χ0v) is 14.3. The van der Waals surface area contributed by atoms with Crippen molar-refractivity contribution in [3.05, 3.63) is 22.8 Å². The van der Waals surface area contributed by atoms with Crippen LogP contribution in [0.25, 0.3) is 0 Å². The molecule has 1 unspecified atom stereocenters. The number of sulfonamides is 1. The molecule has 5 nitrogen and oxygen atoms in total. The van der Waals surface area contributed by atoms with E-state index >= 15 is 0 Å². The lowest BCUT2D eigenvalue weighted by Gasteiger charge is -2.29. The van der Waals surface area contributed by atoms with Crippen LogP contribution in [0.15, 0.2) is 11.0 Å². The normalized spacial score (nSPS) is 15.0. The second-order valence-corrected chi connectivity index (χ2v) is 7.47. The quantitative estimate of drug-likeness (QED) is 0.700. The van der Waals surface area contributed by atoms with E-state index in [1.165, 1.54) is 0 Å². The minimum Gasteiger partial charge on any atom is -0.398 e. The molecular weight excluding hydrogens is 288 g/mol. The van der Waals surface area contributed by atoms with Crippen LogP contribution in [0.4, 0.5) is 5.69 Å². The number of aryl methyl sites for hydroxylation is 1. The first-order chi connectivity index (χ1) is 9.58. The number of anilines is 1. The second kappa shape index (κ2) is 6.34. The van der Waals surface area contributed by atoms with E-state index in [9.17, 15) is 8.42 Å². The monoisotopic (exact) mass is 314 g/mol. The van der Waals surface area contributed by atoms with E-state index in [0.29, 0.717) is 29.7 Å². The highest BCUT2D eigenvalue weighted by Gasteiger charge is 2.31. The fraction of sp³-hybridized carbons (Fsp3) is 0.600. The molecule has 1 aromatic carbocycles. The topological polar surface area (TPSA) is 92.4 Å². The van der Waals surface area contributed by atoms with Crippen LogP contribution < -0.4 is 10.5 Å². The molecule has 0 aliphatic carbocycles. The average Bonchev–Trinajstić information content (AvgIpc) is 2.36. The van der Waals surface area contributed by atoms with Crippen molar-refractivity contribution in [1.29, 1.82) is 0 Å². The van der Waals surface area contributed by atoms with E-state index in [-0.39, 0.29) is 11.5 Å². The van der Waals surface area contributed by atoms with Gasteiger partial charge in [0, 0.05) is 17.8 Å². The predicted molar refractivity (Wildman–Crippen MR) is 85.8 cm³/mol. The standard InChI is InChI=1S/C15H26N2O3S/c1-6-15(5,7-8-18)17-21(19,20)14-11(3)10(2)9-13(16)12(14)4/h9,17-18H,6-8,16H2,1-5H3. The van der Waals surface area contributed by atoms with Crippen molar-refractivity contribution in [1.82, 2.24) is 4.72 Å². The Bertz CT molecular complexity index is 600. The van der Waals surface area contributed by atoms with Gasteiger partial charge in [-0.2, -0.15) is 0 Å². The molecule has 21 heavy (non-hydrogen) atoms. The lowest BCUT2D eigenvalue weighted by atomic mass is 9.97. The molecule has 0 bridgehead atoms. The van der Waals surface area contributed by atoms with Gasteiger partial charge in [-0.25, -0.2) is 13.1 Å². The zero-order chi connectivity index (χ0) is 16.4. The van der Waals surface area contributed by atoms with E-state index in [1.54, 1.807) is 26.8 Å². The average molecular weight is 314 g/mol. The summed E-state index contributed by atoms with van der Waals surface area (Å²) in [4.78, 5) is 0.248. The number of aliphatic hydroxyl groups is 1. The number of rotatable bonds is 6. The number of hydrogen-bond donors (Lipinski definition) is 3. The molecular formula is C15H26N2O3S. The third-order valence-corrected chi connectivity index (χ3v) is 6.08. The van der Waals surface area contributed by atoms with Crippen molar-refractivity contribution >= 4 is 15.7 Å². The lowest BCUT2D eigenvalue weighted by molar-refractivity contribution is 0.233. The SMILES string of the molecule is CCC(C)(CCO)NS(=O)(=O)c1c(C)c(C)cc(N)c1C. The first-order valence-corrected chi connectivity index (χ1v) is 8.57.